The van der Waals surface area contributed by atoms with E-state index < -0.39 is 42.0 Å². The van der Waals surface area contributed by atoms with E-state index in [9.17, 15) is 9.59 Å². The van der Waals surface area contributed by atoms with Crippen LogP contribution in [0.1, 0.15) is 52.0 Å². The molecule has 2 aliphatic rings. The molecule has 4 heterocycles. The zero-order valence-corrected chi connectivity index (χ0v) is 26.9. The normalized spacial score (nSPS) is 21.9. The standard InChI is InChI=1S/C34H38N6O7/c1-33(2,3)47-32(42)39-29-26-30(37-19-36-29)40(20-38-26)31-28-27(45-34(4,5)46-28)24(44-31)17-35-25(41)16-15-22-13-9-10-14-23(22)43-18-21-11-7-6-8-12-21/h6-16,19-20,24,27-28,31H,17-18H2,1-5H3,(H,35,41)(H,36,37,39,42)/b16-15+/t24-,27+,28?,31-/m1/s1. The maximum absolute atomic E-state index is 12.9. The molecule has 2 N–H and O–H groups in total. The molecule has 1 unspecified atom stereocenters. The maximum Gasteiger partial charge on any atom is 0.413 e. The molecule has 246 valence electrons. The second kappa shape index (κ2) is 13.1. The topological polar surface area (TPSA) is 148 Å². The van der Waals surface area contributed by atoms with E-state index >= 15 is 0 Å². The fourth-order valence-corrected chi connectivity index (χ4v) is 5.49. The molecule has 47 heavy (non-hydrogen) atoms. The van der Waals surface area contributed by atoms with E-state index in [1.807, 2.05) is 68.4 Å². The van der Waals surface area contributed by atoms with Gasteiger partial charge in [0.2, 0.25) is 5.91 Å². The highest BCUT2D eigenvalue weighted by molar-refractivity contribution is 5.93. The van der Waals surface area contributed by atoms with Gasteiger partial charge in [-0.2, -0.15) is 0 Å². The number of amides is 2. The van der Waals surface area contributed by atoms with Gasteiger partial charge in [0, 0.05) is 18.2 Å². The largest absolute Gasteiger partial charge is 0.488 e. The number of anilines is 1. The molecule has 0 radical (unpaired) electrons. The van der Waals surface area contributed by atoms with Gasteiger partial charge in [-0.3, -0.25) is 14.7 Å². The Balaban J connectivity index is 1.13. The van der Waals surface area contributed by atoms with Crippen LogP contribution >= 0.6 is 0 Å². The van der Waals surface area contributed by atoms with Crippen molar-refractivity contribution in [1.29, 1.82) is 0 Å². The van der Waals surface area contributed by atoms with Crippen LogP contribution < -0.4 is 15.4 Å². The lowest BCUT2D eigenvalue weighted by Crippen LogP contribution is -2.39. The molecule has 13 heteroatoms. The number of fused-ring (bicyclic) bond motifs is 2. The second-order valence-electron chi connectivity index (χ2n) is 12.7. The molecule has 2 amide bonds. The van der Waals surface area contributed by atoms with E-state index in [0.717, 1.165) is 11.1 Å². The molecule has 13 nitrogen and oxygen atoms in total. The van der Waals surface area contributed by atoms with Gasteiger partial charge >= 0.3 is 6.09 Å². The van der Waals surface area contributed by atoms with Crippen LogP contribution in [0.25, 0.3) is 17.2 Å². The van der Waals surface area contributed by atoms with Crippen molar-refractivity contribution in [1.82, 2.24) is 24.8 Å². The first-order valence-corrected chi connectivity index (χ1v) is 15.4. The molecular weight excluding hydrogens is 604 g/mol. The van der Waals surface area contributed by atoms with Crippen molar-refractivity contribution in [2.24, 2.45) is 0 Å². The number of nitrogens with one attached hydrogen (secondary N) is 2. The van der Waals surface area contributed by atoms with Crippen LogP contribution in [-0.4, -0.2) is 67.8 Å². The Hall–Kier alpha value is -4.85. The van der Waals surface area contributed by atoms with E-state index in [-0.39, 0.29) is 18.3 Å². The Kier molecular flexibility index (Phi) is 8.95. The Morgan fingerprint density at radius 2 is 1.74 bits per heavy atom. The quantitative estimate of drug-likeness (QED) is 0.239. The Morgan fingerprint density at radius 3 is 2.53 bits per heavy atom. The average molecular weight is 643 g/mol. The molecule has 0 aliphatic carbocycles. The summed E-state index contributed by atoms with van der Waals surface area (Å²) in [5.74, 6) is -0.310. The number of carbonyl (C=O) groups is 2. The molecule has 2 aromatic heterocycles. The summed E-state index contributed by atoms with van der Waals surface area (Å²) in [6.45, 7) is 9.55. The van der Waals surface area contributed by atoms with Gasteiger partial charge in [-0.15, -0.1) is 0 Å². The molecule has 2 aromatic carbocycles. The first kappa shape index (κ1) is 32.1. The zero-order valence-electron chi connectivity index (χ0n) is 26.9. The van der Waals surface area contributed by atoms with Gasteiger partial charge in [-0.25, -0.2) is 19.7 Å². The van der Waals surface area contributed by atoms with Crippen molar-refractivity contribution in [3.8, 4) is 5.75 Å². The minimum atomic E-state index is -0.877. The number of benzene rings is 2. The van der Waals surface area contributed by atoms with Crippen LogP contribution in [0.4, 0.5) is 10.6 Å². The van der Waals surface area contributed by atoms with Crippen LogP contribution in [0, 0.1) is 0 Å². The highest BCUT2D eigenvalue weighted by Crippen LogP contribution is 2.43. The number of hydrogen-bond acceptors (Lipinski definition) is 10. The minimum absolute atomic E-state index is 0.166. The number of hydrogen-bond donors (Lipinski definition) is 2. The van der Waals surface area contributed by atoms with Crippen LogP contribution in [0.5, 0.6) is 5.75 Å². The van der Waals surface area contributed by atoms with Gasteiger partial charge in [0.25, 0.3) is 0 Å². The second-order valence-corrected chi connectivity index (χ2v) is 12.7. The van der Waals surface area contributed by atoms with Crippen molar-refractivity contribution in [3.05, 3.63) is 84.5 Å². The Bertz CT molecular complexity index is 1770. The van der Waals surface area contributed by atoms with Crippen molar-refractivity contribution < 1.29 is 33.3 Å². The van der Waals surface area contributed by atoms with E-state index in [2.05, 4.69) is 25.6 Å². The number of carbonyl (C=O) groups excluding carboxylic acids is 2. The van der Waals surface area contributed by atoms with Crippen molar-refractivity contribution in [2.45, 2.75) is 77.2 Å². The molecule has 0 saturated carbocycles. The summed E-state index contributed by atoms with van der Waals surface area (Å²) in [5.41, 5.74) is 1.92. The van der Waals surface area contributed by atoms with Gasteiger partial charge in [0.15, 0.2) is 29.0 Å². The maximum atomic E-state index is 12.9. The van der Waals surface area contributed by atoms with Gasteiger partial charge in [-0.1, -0.05) is 48.5 Å². The molecule has 4 atom stereocenters. The van der Waals surface area contributed by atoms with Gasteiger partial charge < -0.3 is 29.0 Å². The molecule has 0 spiro atoms. The zero-order chi connectivity index (χ0) is 33.2. The van der Waals surface area contributed by atoms with E-state index in [4.69, 9.17) is 23.7 Å². The molecule has 2 saturated heterocycles. The molecule has 0 bridgehead atoms. The summed E-state index contributed by atoms with van der Waals surface area (Å²) >= 11 is 0. The fourth-order valence-electron chi connectivity index (χ4n) is 5.49. The third-order valence-corrected chi connectivity index (χ3v) is 7.43. The summed E-state index contributed by atoms with van der Waals surface area (Å²) in [6, 6.07) is 17.4. The molecule has 4 aromatic rings. The van der Waals surface area contributed by atoms with Crippen molar-refractivity contribution >= 4 is 35.1 Å². The summed E-state index contributed by atoms with van der Waals surface area (Å²) in [5, 5.41) is 5.57. The third-order valence-electron chi connectivity index (χ3n) is 7.43. The lowest BCUT2D eigenvalue weighted by Gasteiger charge is -2.24. The first-order chi connectivity index (χ1) is 22.5. The van der Waals surface area contributed by atoms with E-state index in [0.29, 0.717) is 23.5 Å². The summed E-state index contributed by atoms with van der Waals surface area (Å²) in [4.78, 5) is 38.4. The molecular formula is C34H38N6O7. The number of ether oxygens (including phenoxy) is 5. The Morgan fingerprint density at radius 1 is 1.00 bits per heavy atom. The lowest BCUT2D eigenvalue weighted by molar-refractivity contribution is -0.195. The number of aromatic nitrogens is 4. The van der Waals surface area contributed by atoms with Crippen LogP contribution in [0.3, 0.4) is 0 Å². The van der Waals surface area contributed by atoms with E-state index in [1.165, 1.54) is 12.4 Å². The average Bonchev–Trinajstić information content (AvgIpc) is 3.69. The number of nitrogens with zero attached hydrogens (tertiary/aromatic N) is 4. The van der Waals surface area contributed by atoms with Gasteiger partial charge in [0.05, 0.1) is 6.33 Å². The Labute approximate surface area is 272 Å². The highest BCUT2D eigenvalue weighted by Gasteiger charge is 2.56. The van der Waals surface area contributed by atoms with Crippen LogP contribution in [0.2, 0.25) is 0 Å². The molecule has 2 fully saturated rings. The fraction of sp³-hybridized carbons (Fsp3) is 0.382. The van der Waals surface area contributed by atoms with Crippen LogP contribution in [-0.2, 0) is 30.3 Å². The highest BCUT2D eigenvalue weighted by atomic mass is 16.8. The third kappa shape index (κ3) is 7.59. The molecule has 2 aliphatic heterocycles. The van der Waals surface area contributed by atoms with Crippen LogP contribution in [0.15, 0.2) is 73.3 Å². The summed E-state index contributed by atoms with van der Waals surface area (Å²) < 4.78 is 32.0. The monoisotopic (exact) mass is 642 g/mol. The number of para-hydroxylation sites is 1. The van der Waals surface area contributed by atoms with E-state index in [1.54, 1.807) is 37.7 Å². The van der Waals surface area contributed by atoms with Gasteiger partial charge in [0.1, 0.15) is 42.6 Å². The minimum Gasteiger partial charge on any atom is -0.488 e. The smallest absolute Gasteiger partial charge is 0.413 e. The van der Waals surface area contributed by atoms with Crippen molar-refractivity contribution in [2.75, 3.05) is 11.9 Å². The predicted octanol–water partition coefficient (Wildman–Crippen LogP) is 5.00. The summed E-state index contributed by atoms with van der Waals surface area (Å²) in [7, 11) is 0. The molecule has 6 rings (SSSR count). The van der Waals surface area contributed by atoms with Gasteiger partial charge in [-0.05, 0) is 52.3 Å². The first-order valence-electron chi connectivity index (χ1n) is 15.4. The number of imidazole rings is 1. The van der Waals surface area contributed by atoms with Crippen molar-refractivity contribution in [3.63, 3.8) is 0 Å². The SMILES string of the molecule is CC(C)(C)OC(=O)Nc1ncnc2c1ncn2[C@@H]1O[C@H](CNC(=O)/C=C/c2ccccc2OCc2ccccc2)[C@@H]2OC(C)(C)OC21. The summed E-state index contributed by atoms with van der Waals surface area (Å²) in [6.07, 6.45) is 3.18. The number of rotatable bonds is 9. The predicted molar refractivity (Wildman–Crippen MR) is 172 cm³/mol. The lowest BCUT2D eigenvalue weighted by atomic mass is 10.1.